The highest BCUT2D eigenvalue weighted by molar-refractivity contribution is 5.76. The van der Waals surface area contributed by atoms with Gasteiger partial charge in [0.1, 0.15) is 0 Å². The summed E-state index contributed by atoms with van der Waals surface area (Å²) in [7, 11) is 0. The Bertz CT molecular complexity index is 320. The predicted molar refractivity (Wildman–Crippen MR) is 78.7 cm³/mol. The molecule has 5 heteroatoms. The van der Waals surface area contributed by atoms with Gasteiger partial charge >= 0.3 is 12.0 Å². The van der Waals surface area contributed by atoms with Crippen molar-refractivity contribution >= 4 is 12.0 Å². The Balaban J connectivity index is 2.31. The molecular formula is C15H28N2O3. The van der Waals surface area contributed by atoms with E-state index in [-0.39, 0.29) is 24.5 Å². The van der Waals surface area contributed by atoms with E-state index in [1.807, 2.05) is 6.92 Å². The zero-order valence-corrected chi connectivity index (χ0v) is 12.7. The van der Waals surface area contributed by atoms with Crippen LogP contribution in [0.15, 0.2) is 0 Å². The summed E-state index contributed by atoms with van der Waals surface area (Å²) in [6.07, 6.45) is 7.54. The Morgan fingerprint density at radius 1 is 1.35 bits per heavy atom. The topological polar surface area (TPSA) is 69.6 Å². The minimum atomic E-state index is -0.831. The monoisotopic (exact) mass is 284 g/mol. The minimum absolute atomic E-state index is 0.0539. The van der Waals surface area contributed by atoms with Crippen molar-refractivity contribution in [1.82, 2.24) is 10.2 Å². The van der Waals surface area contributed by atoms with E-state index in [0.717, 1.165) is 25.7 Å². The van der Waals surface area contributed by atoms with E-state index in [0.29, 0.717) is 6.54 Å². The maximum absolute atomic E-state index is 12.2. The van der Waals surface area contributed by atoms with Crippen LogP contribution in [0, 0.1) is 0 Å². The van der Waals surface area contributed by atoms with Crippen molar-refractivity contribution < 1.29 is 14.7 Å². The lowest BCUT2D eigenvalue weighted by Gasteiger charge is -2.26. The summed E-state index contributed by atoms with van der Waals surface area (Å²) in [4.78, 5) is 24.6. The number of likely N-dealkylation sites (tertiary alicyclic amines) is 1. The van der Waals surface area contributed by atoms with E-state index in [1.165, 1.54) is 19.3 Å². The van der Waals surface area contributed by atoms with Crippen LogP contribution in [-0.4, -0.2) is 40.6 Å². The molecule has 20 heavy (non-hydrogen) atoms. The molecule has 0 saturated carbocycles. The predicted octanol–water partition coefficient (Wildman–Crippen LogP) is 2.99. The van der Waals surface area contributed by atoms with E-state index < -0.39 is 5.97 Å². The maximum atomic E-state index is 12.2. The number of nitrogens with one attached hydrogen (secondary N) is 1. The van der Waals surface area contributed by atoms with Gasteiger partial charge in [0.15, 0.2) is 0 Å². The lowest BCUT2D eigenvalue weighted by atomic mass is 10.1. The van der Waals surface area contributed by atoms with Crippen molar-refractivity contribution in [1.29, 1.82) is 0 Å². The molecule has 1 rings (SSSR count). The molecule has 0 aromatic carbocycles. The molecule has 0 spiro atoms. The summed E-state index contributed by atoms with van der Waals surface area (Å²) < 4.78 is 0. The van der Waals surface area contributed by atoms with Crippen LogP contribution in [0.3, 0.4) is 0 Å². The Morgan fingerprint density at radius 3 is 2.75 bits per heavy atom. The van der Waals surface area contributed by atoms with Gasteiger partial charge in [-0.05, 0) is 26.2 Å². The first-order valence-corrected chi connectivity index (χ1v) is 7.83. The summed E-state index contributed by atoms with van der Waals surface area (Å²) in [5.74, 6) is -0.831. The van der Waals surface area contributed by atoms with E-state index in [4.69, 9.17) is 5.11 Å². The molecule has 0 bridgehead atoms. The summed E-state index contributed by atoms with van der Waals surface area (Å²) in [6.45, 7) is 4.87. The molecule has 0 radical (unpaired) electrons. The van der Waals surface area contributed by atoms with Crippen LogP contribution in [0.4, 0.5) is 4.79 Å². The third-order valence-electron chi connectivity index (χ3n) is 3.91. The molecule has 0 aromatic rings. The molecule has 2 atom stereocenters. The number of unbranched alkanes of at least 4 members (excludes halogenated alkanes) is 3. The smallest absolute Gasteiger partial charge is 0.317 e. The standard InChI is InChI=1S/C15H28N2O3/c1-3-4-5-6-8-12(2)16-15(20)17-10-7-9-13(17)11-14(18)19/h12-13H,3-11H2,1-2H3,(H,16,20)(H,18,19). The van der Waals surface area contributed by atoms with Crippen LogP contribution in [0.5, 0.6) is 0 Å². The van der Waals surface area contributed by atoms with Crippen molar-refractivity contribution in [2.45, 2.75) is 77.3 Å². The molecule has 5 nitrogen and oxygen atoms in total. The fourth-order valence-electron chi connectivity index (χ4n) is 2.76. The molecule has 116 valence electrons. The number of carboxylic acids is 1. The molecule has 1 heterocycles. The average molecular weight is 284 g/mol. The molecule has 2 amide bonds. The Morgan fingerprint density at radius 2 is 2.10 bits per heavy atom. The van der Waals surface area contributed by atoms with Crippen molar-refractivity contribution in [2.75, 3.05) is 6.54 Å². The second kappa shape index (κ2) is 8.82. The highest BCUT2D eigenvalue weighted by Crippen LogP contribution is 2.20. The van der Waals surface area contributed by atoms with Crippen LogP contribution in [0.2, 0.25) is 0 Å². The largest absolute Gasteiger partial charge is 0.481 e. The SMILES string of the molecule is CCCCCCC(C)NC(=O)N1CCCC1CC(=O)O. The fraction of sp³-hybridized carbons (Fsp3) is 0.867. The first-order chi connectivity index (χ1) is 9.54. The number of carbonyl (C=O) groups excluding carboxylic acids is 1. The second-order valence-corrected chi connectivity index (χ2v) is 5.79. The number of rotatable bonds is 8. The molecular weight excluding hydrogens is 256 g/mol. The number of hydrogen-bond acceptors (Lipinski definition) is 2. The van der Waals surface area contributed by atoms with Crippen molar-refractivity contribution in [3.8, 4) is 0 Å². The highest BCUT2D eigenvalue weighted by Gasteiger charge is 2.30. The van der Waals surface area contributed by atoms with Crippen LogP contribution in [-0.2, 0) is 4.79 Å². The summed E-state index contributed by atoms with van der Waals surface area (Å²) in [6, 6.07) is -0.0815. The van der Waals surface area contributed by atoms with Crippen LogP contribution in [0.1, 0.15) is 65.2 Å². The third-order valence-corrected chi connectivity index (χ3v) is 3.91. The van der Waals surface area contributed by atoms with E-state index in [2.05, 4.69) is 12.2 Å². The summed E-state index contributed by atoms with van der Waals surface area (Å²) >= 11 is 0. The number of nitrogens with zero attached hydrogens (tertiary/aromatic N) is 1. The summed E-state index contributed by atoms with van der Waals surface area (Å²) in [5.41, 5.74) is 0. The normalized spacial score (nSPS) is 19.9. The van der Waals surface area contributed by atoms with Gasteiger partial charge in [-0.3, -0.25) is 4.79 Å². The van der Waals surface area contributed by atoms with Crippen LogP contribution >= 0.6 is 0 Å². The molecule has 1 saturated heterocycles. The second-order valence-electron chi connectivity index (χ2n) is 5.79. The molecule has 1 aliphatic rings. The van der Waals surface area contributed by atoms with Crippen LogP contribution in [0.25, 0.3) is 0 Å². The minimum Gasteiger partial charge on any atom is -0.481 e. The van der Waals surface area contributed by atoms with Gasteiger partial charge in [0, 0.05) is 18.6 Å². The zero-order valence-electron chi connectivity index (χ0n) is 12.7. The van der Waals surface area contributed by atoms with Gasteiger partial charge in [-0.15, -0.1) is 0 Å². The van der Waals surface area contributed by atoms with Gasteiger partial charge in [0.25, 0.3) is 0 Å². The van der Waals surface area contributed by atoms with Gasteiger partial charge in [-0.25, -0.2) is 4.79 Å². The first-order valence-electron chi connectivity index (χ1n) is 7.83. The molecule has 0 aromatic heterocycles. The fourth-order valence-corrected chi connectivity index (χ4v) is 2.76. The highest BCUT2D eigenvalue weighted by atomic mass is 16.4. The Hall–Kier alpha value is -1.26. The van der Waals surface area contributed by atoms with Crippen LogP contribution < -0.4 is 5.32 Å². The lowest BCUT2D eigenvalue weighted by molar-refractivity contribution is -0.137. The molecule has 1 aliphatic heterocycles. The number of aliphatic carboxylic acids is 1. The molecule has 0 aliphatic carbocycles. The van der Waals surface area contributed by atoms with Gasteiger partial charge in [-0.1, -0.05) is 32.6 Å². The van der Waals surface area contributed by atoms with Gasteiger partial charge in [0.05, 0.1) is 6.42 Å². The number of carbonyl (C=O) groups is 2. The number of urea groups is 1. The number of amides is 2. The number of carboxylic acid groups (broad SMARTS) is 1. The lowest BCUT2D eigenvalue weighted by Crippen LogP contribution is -2.46. The Labute approximate surface area is 121 Å². The van der Waals surface area contributed by atoms with E-state index in [9.17, 15) is 9.59 Å². The molecule has 2 N–H and O–H groups in total. The van der Waals surface area contributed by atoms with Gasteiger partial charge in [-0.2, -0.15) is 0 Å². The summed E-state index contributed by atoms with van der Waals surface area (Å²) in [5, 5.41) is 11.9. The van der Waals surface area contributed by atoms with Gasteiger partial charge in [0.2, 0.25) is 0 Å². The van der Waals surface area contributed by atoms with E-state index in [1.54, 1.807) is 4.90 Å². The first kappa shape index (κ1) is 16.8. The molecule has 2 unspecified atom stereocenters. The maximum Gasteiger partial charge on any atom is 0.317 e. The third kappa shape index (κ3) is 5.80. The average Bonchev–Trinajstić information content (AvgIpc) is 2.82. The van der Waals surface area contributed by atoms with Crippen molar-refractivity contribution in [2.24, 2.45) is 0 Å². The number of hydrogen-bond donors (Lipinski definition) is 2. The Kier molecular flexibility index (Phi) is 7.41. The van der Waals surface area contributed by atoms with Crippen molar-refractivity contribution in [3.63, 3.8) is 0 Å². The quantitative estimate of drug-likeness (QED) is 0.673. The van der Waals surface area contributed by atoms with Crippen molar-refractivity contribution in [3.05, 3.63) is 0 Å². The molecule has 1 fully saturated rings. The van der Waals surface area contributed by atoms with Gasteiger partial charge < -0.3 is 15.3 Å². The zero-order chi connectivity index (χ0) is 15.0. The van der Waals surface area contributed by atoms with E-state index >= 15 is 0 Å².